The minimum atomic E-state index is 0.648. The largest absolute Gasteiger partial charge is 0.356 e. The smallest absolute Gasteiger partial charge is 0.191 e. The van der Waals surface area contributed by atoms with Crippen LogP contribution in [-0.4, -0.2) is 43.6 Å². The van der Waals surface area contributed by atoms with Gasteiger partial charge in [-0.05, 0) is 64.1 Å². The molecular weight excluding hydrogens is 296 g/mol. The van der Waals surface area contributed by atoms with Gasteiger partial charge in [0.25, 0.3) is 0 Å². The molecule has 24 heavy (non-hydrogen) atoms. The Kier molecular flexibility index (Phi) is 7.10. The molecule has 4 heteroatoms. The second-order valence-corrected chi connectivity index (χ2v) is 7.33. The van der Waals surface area contributed by atoms with Gasteiger partial charge in [-0.3, -0.25) is 4.99 Å². The minimum absolute atomic E-state index is 0.648. The number of benzene rings is 1. The van der Waals surface area contributed by atoms with E-state index in [1.165, 1.54) is 42.6 Å². The molecule has 1 saturated heterocycles. The van der Waals surface area contributed by atoms with Gasteiger partial charge in [0.2, 0.25) is 0 Å². The molecule has 1 heterocycles. The molecule has 2 N–H and O–H groups in total. The first-order valence-electron chi connectivity index (χ1n) is 9.24. The molecule has 1 aromatic carbocycles. The summed E-state index contributed by atoms with van der Waals surface area (Å²) in [6.07, 6.45) is 2.61. The molecule has 0 aromatic heterocycles. The Morgan fingerprint density at radius 2 is 2.08 bits per heavy atom. The van der Waals surface area contributed by atoms with E-state index in [0.29, 0.717) is 12.0 Å². The van der Waals surface area contributed by atoms with Crippen LogP contribution in [0.3, 0.4) is 0 Å². The van der Waals surface area contributed by atoms with Crippen molar-refractivity contribution in [2.75, 3.05) is 26.7 Å². The normalized spacial score (nSPS) is 19.6. The third-order valence-electron chi connectivity index (χ3n) is 5.01. The van der Waals surface area contributed by atoms with Crippen molar-refractivity contribution >= 4 is 5.96 Å². The third-order valence-corrected chi connectivity index (χ3v) is 5.01. The first-order valence-corrected chi connectivity index (χ1v) is 9.24. The van der Waals surface area contributed by atoms with E-state index in [1.807, 2.05) is 7.05 Å². The fourth-order valence-electron chi connectivity index (χ4n) is 3.42. The lowest BCUT2D eigenvalue weighted by Gasteiger charge is -2.35. The fraction of sp³-hybridized carbons (Fsp3) is 0.650. The number of rotatable bonds is 5. The molecule has 0 aliphatic carbocycles. The number of hydrogen-bond donors (Lipinski definition) is 2. The average Bonchev–Trinajstić information content (AvgIpc) is 2.56. The second kappa shape index (κ2) is 9.07. The Morgan fingerprint density at radius 1 is 1.29 bits per heavy atom. The van der Waals surface area contributed by atoms with Crippen molar-refractivity contribution in [3.8, 4) is 0 Å². The number of hydrogen-bond acceptors (Lipinski definition) is 2. The number of likely N-dealkylation sites (tertiary alicyclic amines) is 1. The highest BCUT2D eigenvalue weighted by atomic mass is 15.2. The molecule has 134 valence electrons. The molecule has 0 saturated carbocycles. The lowest BCUT2D eigenvalue weighted by Crippen LogP contribution is -2.46. The first kappa shape index (κ1) is 18.8. The molecule has 0 bridgehead atoms. The molecule has 1 unspecified atom stereocenters. The summed E-state index contributed by atoms with van der Waals surface area (Å²) in [5.41, 5.74) is 3.97. The minimum Gasteiger partial charge on any atom is -0.356 e. The summed E-state index contributed by atoms with van der Waals surface area (Å²) in [5.74, 6) is 1.61. The Morgan fingerprint density at radius 3 is 2.75 bits per heavy atom. The van der Waals surface area contributed by atoms with E-state index in [9.17, 15) is 0 Å². The van der Waals surface area contributed by atoms with Crippen LogP contribution in [0.5, 0.6) is 0 Å². The number of aryl methyl sites for hydroxylation is 2. The van der Waals surface area contributed by atoms with Crippen LogP contribution in [-0.2, 0) is 6.54 Å². The molecule has 1 aromatic rings. The molecule has 2 rings (SSSR count). The van der Waals surface area contributed by atoms with E-state index >= 15 is 0 Å². The predicted molar refractivity (Wildman–Crippen MR) is 104 cm³/mol. The molecular formula is C20H34N4. The van der Waals surface area contributed by atoms with E-state index in [2.05, 4.69) is 66.4 Å². The summed E-state index contributed by atoms with van der Waals surface area (Å²) in [6, 6.07) is 7.25. The third kappa shape index (κ3) is 5.52. The summed E-state index contributed by atoms with van der Waals surface area (Å²) >= 11 is 0. The van der Waals surface area contributed by atoms with Gasteiger partial charge in [-0.15, -0.1) is 0 Å². The number of piperidine rings is 1. The summed E-state index contributed by atoms with van der Waals surface area (Å²) in [7, 11) is 1.85. The van der Waals surface area contributed by atoms with Crippen LogP contribution in [0.1, 0.15) is 43.4 Å². The van der Waals surface area contributed by atoms with Gasteiger partial charge in [0.15, 0.2) is 5.96 Å². The zero-order chi connectivity index (χ0) is 17.5. The van der Waals surface area contributed by atoms with Crippen molar-refractivity contribution < 1.29 is 0 Å². The first-order chi connectivity index (χ1) is 11.5. The molecule has 4 nitrogen and oxygen atoms in total. The standard InChI is InChI=1S/C20H34N4/c1-15(2)24-10-6-7-18(14-24)12-22-20(21-5)23-13-19-9-8-16(3)11-17(19)4/h8-9,11,15,18H,6-7,10,12-14H2,1-5H3,(H2,21,22,23). The van der Waals surface area contributed by atoms with E-state index in [0.717, 1.165) is 19.0 Å². The maximum atomic E-state index is 4.37. The van der Waals surface area contributed by atoms with Gasteiger partial charge >= 0.3 is 0 Å². The van der Waals surface area contributed by atoms with Crippen LogP contribution in [0.2, 0.25) is 0 Å². The van der Waals surface area contributed by atoms with Crippen LogP contribution >= 0.6 is 0 Å². The molecule has 1 aliphatic heterocycles. The molecule has 0 spiro atoms. The van der Waals surface area contributed by atoms with Crippen LogP contribution in [0.15, 0.2) is 23.2 Å². The molecule has 1 atom stereocenters. The maximum Gasteiger partial charge on any atom is 0.191 e. The zero-order valence-electron chi connectivity index (χ0n) is 16.0. The van der Waals surface area contributed by atoms with Gasteiger partial charge in [-0.2, -0.15) is 0 Å². The quantitative estimate of drug-likeness (QED) is 0.644. The van der Waals surface area contributed by atoms with E-state index in [4.69, 9.17) is 0 Å². The Hall–Kier alpha value is -1.55. The van der Waals surface area contributed by atoms with Gasteiger partial charge in [-0.1, -0.05) is 23.8 Å². The lowest BCUT2D eigenvalue weighted by atomic mass is 9.97. The van der Waals surface area contributed by atoms with Crippen molar-refractivity contribution in [2.24, 2.45) is 10.9 Å². The second-order valence-electron chi connectivity index (χ2n) is 7.33. The van der Waals surface area contributed by atoms with Crippen LogP contribution in [0.25, 0.3) is 0 Å². The van der Waals surface area contributed by atoms with Gasteiger partial charge in [0.1, 0.15) is 0 Å². The highest BCUT2D eigenvalue weighted by Gasteiger charge is 2.21. The van der Waals surface area contributed by atoms with Crippen LogP contribution < -0.4 is 10.6 Å². The number of aliphatic imine (C=N–C) groups is 1. The van der Waals surface area contributed by atoms with Gasteiger partial charge in [0, 0.05) is 32.7 Å². The number of nitrogens with zero attached hydrogens (tertiary/aromatic N) is 2. The Balaban J connectivity index is 1.80. The maximum absolute atomic E-state index is 4.37. The molecule has 1 fully saturated rings. The predicted octanol–water partition coefficient (Wildman–Crippen LogP) is 3.09. The summed E-state index contributed by atoms with van der Waals surface area (Å²) in [6.45, 7) is 13.1. The van der Waals surface area contributed by atoms with Gasteiger partial charge in [-0.25, -0.2) is 0 Å². The van der Waals surface area contributed by atoms with E-state index < -0.39 is 0 Å². The van der Waals surface area contributed by atoms with Crippen LogP contribution in [0, 0.1) is 19.8 Å². The van der Waals surface area contributed by atoms with Gasteiger partial charge < -0.3 is 15.5 Å². The summed E-state index contributed by atoms with van der Waals surface area (Å²) in [4.78, 5) is 6.95. The van der Waals surface area contributed by atoms with Crippen molar-refractivity contribution in [3.63, 3.8) is 0 Å². The van der Waals surface area contributed by atoms with Crippen molar-refractivity contribution in [1.29, 1.82) is 0 Å². The fourth-order valence-corrected chi connectivity index (χ4v) is 3.42. The summed E-state index contributed by atoms with van der Waals surface area (Å²) < 4.78 is 0. The Labute approximate surface area is 147 Å². The molecule has 0 radical (unpaired) electrons. The van der Waals surface area contributed by atoms with Crippen molar-refractivity contribution in [2.45, 2.75) is 53.1 Å². The lowest BCUT2D eigenvalue weighted by molar-refractivity contribution is 0.141. The Bertz CT molecular complexity index is 551. The van der Waals surface area contributed by atoms with Crippen molar-refractivity contribution in [1.82, 2.24) is 15.5 Å². The summed E-state index contributed by atoms with van der Waals surface area (Å²) in [5, 5.41) is 6.96. The number of nitrogens with one attached hydrogen (secondary N) is 2. The van der Waals surface area contributed by atoms with E-state index in [-0.39, 0.29) is 0 Å². The zero-order valence-corrected chi connectivity index (χ0v) is 16.0. The van der Waals surface area contributed by atoms with Gasteiger partial charge in [0.05, 0.1) is 0 Å². The monoisotopic (exact) mass is 330 g/mol. The average molecular weight is 331 g/mol. The van der Waals surface area contributed by atoms with Crippen molar-refractivity contribution in [3.05, 3.63) is 34.9 Å². The molecule has 0 amide bonds. The number of guanidine groups is 1. The highest BCUT2D eigenvalue weighted by molar-refractivity contribution is 5.79. The SMILES string of the molecule is CN=C(NCc1ccc(C)cc1C)NCC1CCCN(C(C)C)C1. The van der Waals surface area contributed by atoms with Crippen LogP contribution in [0.4, 0.5) is 0 Å². The van der Waals surface area contributed by atoms with E-state index in [1.54, 1.807) is 0 Å². The molecule has 1 aliphatic rings. The topological polar surface area (TPSA) is 39.7 Å². The highest BCUT2D eigenvalue weighted by Crippen LogP contribution is 2.17.